The highest BCUT2D eigenvalue weighted by molar-refractivity contribution is 9.10. The monoisotopic (exact) mass is 266 g/mol. The predicted octanol–water partition coefficient (Wildman–Crippen LogP) is 2.34. The average Bonchev–Trinajstić information content (AvgIpc) is 2.59. The van der Waals surface area contributed by atoms with E-state index in [1.165, 1.54) is 0 Å². The number of aromatic nitrogens is 2. The van der Waals surface area contributed by atoms with Gasteiger partial charge in [0.2, 0.25) is 0 Å². The van der Waals surface area contributed by atoms with E-state index in [0.717, 1.165) is 21.6 Å². The third-order valence-electron chi connectivity index (χ3n) is 2.33. The summed E-state index contributed by atoms with van der Waals surface area (Å²) < 4.78 is 2.91. The van der Waals surface area contributed by atoms with E-state index in [0.29, 0.717) is 0 Å². The number of nitrogens with zero attached hydrogens (tertiary/aromatic N) is 2. The third kappa shape index (κ3) is 1.96. The largest absolute Gasteiger partial charge is 0.390 e. The Balaban J connectivity index is 2.49. The molecule has 1 aromatic heterocycles. The average molecular weight is 267 g/mol. The van der Waals surface area contributed by atoms with E-state index >= 15 is 0 Å². The van der Waals surface area contributed by atoms with Crippen molar-refractivity contribution in [3.05, 3.63) is 40.6 Å². The quantitative estimate of drug-likeness (QED) is 0.906. The highest BCUT2D eigenvalue weighted by Crippen LogP contribution is 2.22. The molecule has 78 valence electrons. The topological polar surface area (TPSA) is 38.0 Å². The Hall–Kier alpha value is -1.13. The smallest absolute Gasteiger partial charge is 0.139 e. The number of hydrogen-bond acceptors (Lipinski definition) is 2. The number of imidazole rings is 1. The first-order valence-corrected chi connectivity index (χ1v) is 5.39. The molecule has 0 fully saturated rings. The molecule has 0 spiro atoms. The second-order valence-corrected chi connectivity index (χ2v) is 4.22. The molecule has 0 unspecified atom stereocenters. The number of halogens is 1. The molecular formula is C11H11BrN2O. The summed E-state index contributed by atoms with van der Waals surface area (Å²) in [5.74, 6) is 0.861. The second-order valence-electron chi connectivity index (χ2n) is 3.30. The van der Waals surface area contributed by atoms with Gasteiger partial charge in [-0.05, 0) is 12.1 Å². The Morgan fingerprint density at radius 1 is 1.47 bits per heavy atom. The number of aliphatic hydroxyl groups excluding tert-OH is 1. The van der Waals surface area contributed by atoms with Gasteiger partial charge in [-0.1, -0.05) is 28.1 Å². The second kappa shape index (κ2) is 4.16. The molecule has 0 saturated heterocycles. The fourth-order valence-electron chi connectivity index (χ4n) is 1.49. The highest BCUT2D eigenvalue weighted by atomic mass is 79.9. The van der Waals surface area contributed by atoms with Gasteiger partial charge in [0.1, 0.15) is 5.82 Å². The summed E-state index contributed by atoms with van der Waals surface area (Å²) in [6.45, 7) is 0.0114. The molecule has 1 aromatic carbocycles. The molecule has 0 bridgehead atoms. The zero-order valence-corrected chi connectivity index (χ0v) is 9.90. The lowest BCUT2D eigenvalue weighted by Gasteiger charge is -2.04. The lowest BCUT2D eigenvalue weighted by Crippen LogP contribution is -1.98. The van der Waals surface area contributed by atoms with Crippen molar-refractivity contribution in [2.75, 3.05) is 0 Å². The van der Waals surface area contributed by atoms with Crippen molar-refractivity contribution in [2.45, 2.75) is 6.61 Å². The Kier molecular flexibility index (Phi) is 2.88. The molecule has 0 aliphatic carbocycles. The van der Waals surface area contributed by atoms with Crippen LogP contribution in [0.5, 0.6) is 0 Å². The van der Waals surface area contributed by atoms with Crippen LogP contribution in [0.15, 0.2) is 34.9 Å². The molecule has 0 aliphatic rings. The summed E-state index contributed by atoms with van der Waals surface area (Å²) in [4.78, 5) is 4.28. The molecule has 1 N–H and O–H groups in total. The predicted molar refractivity (Wildman–Crippen MR) is 62.3 cm³/mol. The van der Waals surface area contributed by atoms with Crippen molar-refractivity contribution >= 4 is 15.9 Å². The summed E-state index contributed by atoms with van der Waals surface area (Å²) in [6, 6.07) is 7.93. The van der Waals surface area contributed by atoms with Gasteiger partial charge in [-0.2, -0.15) is 0 Å². The highest BCUT2D eigenvalue weighted by Gasteiger charge is 2.07. The lowest BCUT2D eigenvalue weighted by molar-refractivity contribution is 0.273. The fraction of sp³-hybridized carbons (Fsp3) is 0.182. The van der Waals surface area contributed by atoms with E-state index in [2.05, 4.69) is 20.9 Å². The minimum Gasteiger partial charge on any atom is -0.390 e. The van der Waals surface area contributed by atoms with Crippen molar-refractivity contribution in [1.82, 2.24) is 9.55 Å². The standard InChI is InChI=1S/C11H11BrN2O/c1-14-10(7-15)6-13-11(14)8-3-2-4-9(12)5-8/h2-6,15H,7H2,1H3. The molecule has 4 heteroatoms. The van der Waals surface area contributed by atoms with E-state index < -0.39 is 0 Å². The first kappa shape index (κ1) is 10.4. The van der Waals surface area contributed by atoms with E-state index in [1.807, 2.05) is 35.9 Å². The SMILES string of the molecule is Cn1c(CO)cnc1-c1cccc(Br)c1. The molecule has 2 aromatic rings. The zero-order valence-electron chi connectivity index (χ0n) is 8.31. The molecule has 1 heterocycles. The van der Waals surface area contributed by atoms with Gasteiger partial charge in [-0.25, -0.2) is 4.98 Å². The van der Waals surface area contributed by atoms with Crippen LogP contribution in [0.2, 0.25) is 0 Å². The first-order chi connectivity index (χ1) is 7.22. The zero-order chi connectivity index (χ0) is 10.8. The van der Waals surface area contributed by atoms with Crippen molar-refractivity contribution < 1.29 is 5.11 Å². The maximum Gasteiger partial charge on any atom is 0.139 e. The van der Waals surface area contributed by atoms with Crippen LogP contribution in [-0.2, 0) is 13.7 Å². The van der Waals surface area contributed by atoms with Gasteiger partial charge >= 0.3 is 0 Å². The molecule has 0 amide bonds. The molecular weight excluding hydrogens is 256 g/mol. The summed E-state index contributed by atoms with van der Waals surface area (Å²) >= 11 is 3.42. The summed E-state index contributed by atoms with van der Waals surface area (Å²) in [7, 11) is 1.90. The van der Waals surface area contributed by atoms with Gasteiger partial charge < -0.3 is 9.67 Å². The molecule has 3 nitrogen and oxygen atoms in total. The van der Waals surface area contributed by atoms with Crippen molar-refractivity contribution in [1.29, 1.82) is 0 Å². The first-order valence-electron chi connectivity index (χ1n) is 4.60. The Morgan fingerprint density at radius 2 is 2.27 bits per heavy atom. The van der Waals surface area contributed by atoms with E-state index in [9.17, 15) is 0 Å². The van der Waals surface area contributed by atoms with Crippen LogP contribution >= 0.6 is 15.9 Å². The van der Waals surface area contributed by atoms with Crippen molar-refractivity contribution in [2.24, 2.45) is 7.05 Å². The summed E-state index contributed by atoms with van der Waals surface area (Å²) in [5, 5.41) is 9.06. The molecule has 0 radical (unpaired) electrons. The third-order valence-corrected chi connectivity index (χ3v) is 2.82. The van der Waals surface area contributed by atoms with Gasteiger partial charge in [0.05, 0.1) is 18.5 Å². The molecule has 0 aliphatic heterocycles. The minimum atomic E-state index is 0.0114. The van der Waals surface area contributed by atoms with Gasteiger partial charge in [0.25, 0.3) is 0 Å². The van der Waals surface area contributed by atoms with Crippen LogP contribution in [0.25, 0.3) is 11.4 Å². The van der Waals surface area contributed by atoms with Crippen LogP contribution in [0.3, 0.4) is 0 Å². The fourth-order valence-corrected chi connectivity index (χ4v) is 1.89. The van der Waals surface area contributed by atoms with Crippen LogP contribution < -0.4 is 0 Å². The molecule has 0 atom stereocenters. The number of aliphatic hydroxyl groups is 1. The normalized spacial score (nSPS) is 10.6. The van der Waals surface area contributed by atoms with E-state index in [1.54, 1.807) is 6.20 Å². The van der Waals surface area contributed by atoms with Gasteiger partial charge in [-0.15, -0.1) is 0 Å². The van der Waals surface area contributed by atoms with Crippen LogP contribution in [0.4, 0.5) is 0 Å². The van der Waals surface area contributed by atoms with Crippen LogP contribution in [0, 0.1) is 0 Å². The number of rotatable bonds is 2. The Bertz CT molecular complexity index is 479. The lowest BCUT2D eigenvalue weighted by atomic mass is 10.2. The summed E-state index contributed by atoms with van der Waals surface area (Å²) in [6.07, 6.45) is 1.69. The minimum absolute atomic E-state index is 0.0114. The maximum atomic E-state index is 9.06. The van der Waals surface area contributed by atoms with Crippen LogP contribution in [0.1, 0.15) is 5.69 Å². The number of benzene rings is 1. The molecule has 15 heavy (non-hydrogen) atoms. The van der Waals surface area contributed by atoms with Crippen molar-refractivity contribution in [3.63, 3.8) is 0 Å². The van der Waals surface area contributed by atoms with Gasteiger partial charge in [0, 0.05) is 17.1 Å². The number of hydrogen-bond donors (Lipinski definition) is 1. The maximum absolute atomic E-state index is 9.06. The van der Waals surface area contributed by atoms with Gasteiger partial charge in [0.15, 0.2) is 0 Å². The van der Waals surface area contributed by atoms with Crippen LogP contribution in [-0.4, -0.2) is 14.7 Å². The van der Waals surface area contributed by atoms with Crippen molar-refractivity contribution in [3.8, 4) is 11.4 Å². The Labute approximate surface area is 96.5 Å². The molecule has 2 rings (SSSR count). The van der Waals surface area contributed by atoms with Gasteiger partial charge in [-0.3, -0.25) is 0 Å². The Morgan fingerprint density at radius 3 is 2.87 bits per heavy atom. The van der Waals surface area contributed by atoms with E-state index in [-0.39, 0.29) is 6.61 Å². The molecule has 0 saturated carbocycles. The van der Waals surface area contributed by atoms with E-state index in [4.69, 9.17) is 5.11 Å². The summed E-state index contributed by atoms with van der Waals surface area (Å²) in [5.41, 5.74) is 1.84.